The summed E-state index contributed by atoms with van der Waals surface area (Å²) in [4.78, 5) is 0. The van der Waals surface area contributed by atoms with Gasteiger partial charge >= 0.3 is 6.18 Å². The van der Waals surface area contributed by atoms with Crippen molar-refractivity contribution in [1.29, 1.82) is 0 Å². The van der Waals surface area contributed by atoms with E-state index >= 15 is 0 Å². The highest BCUT2D eigenvalue weighted by atomic mass is 35.5. The second kappa shape index (κ2) is 6.33. The molecule has 0 aliphatic carbocycles. The maximum Gasteiger partial charge on any atom is 0.401 e. The van der Waals surface area contributed by atoms with Crippen molar-refractivity contribution in [2.45, 2.75) is 6.18 Å². The fourth-order valence-corrected chi connectivity index (χ4v) is 1.33. The van der Waals surface area contributed by atoms with Gasteiger partial charge in [0.2, 0.25) is 0 Å². The molecule has 0 bridgehead atoms. The molecule has 0 amide bonds. The first-order valence-corrected chi connectivity index (χ1v) is 5.49. The Labute approximate surface area is 107 Å². The molecule has 0 saturated heterocycles. The molecule has 0 aliphatic rings. The molecule has 0 saturated carbocycles. The van der Waals surface area contributed by atoms with Crippen LogP contribution in [0.2, 0.25) is 10.0 Å². The largest absolute Gasteiger partial charge is 0.492 e. The molecule has 0 atom stereocenters. The third-order valence-electron chi connectivity index (χ3n) is 1.76. The smallest absolute Gasteiger partial charge is 0.401 e. The highest BCUT2D eigenvalue weighted by molar-refractivity contribution is 6.42. The number of hydrogen-bond donors (Lipinski definition) is 1. The summed E-state index contributed by atoms with van der Waals surface area (Å²) in [6.45, 7) is -0.814. The van der Waals surface area contributed by atoms with Crippen LogP contribution in [0.5, 0.6) is 5.75 Å². The second-order valence-corrected chi connectivity index (χ2v) is 4.03. The van der Waals surface area contributed by atoms with Crippen LogP contribution >= 0.6 is 23.2 Å². The van der Waals surface area contributed by atoms with Gasteiger partial charge in [-0.3, -0.25) is 0 Å². The maximum atomic E-state index is 11.8. The third kappa shape index (κ3) is 6.00. The van der Waals surface area contributed by atoms with Crippen molar-refractivity contribution in [2.24, 2.45) is 0 Å². The standard InChI is InChI=1S/C10H10Cl2F3NO/c11-8-2-1-7(5-9(8)12)17-4-3-16-6-10(13,14)15/h1-2,5,16H,3-4,6H2. The highest BCUT2D eigenvalue weighted by Gasteiger charge is 2.25. The van der Waals surface area contributed by atoms with Gasteiger partial charge in [-0.05, 0) is 12.1 Å². The van der Waals surface area contributed by atoms with E-state index in [0.717, 1.165) is 0 Å². The molecule has 1 rings (SSSR count). The van der Waals surface area contributed by atoms with E-state index in [1.54, 1.807) is 12.1 Å². The van der Waals surface area contributed by atoms with Gasteiger partial charge in [-0.25, -0.2) is 0 Å². The number of rotatable bonds is 5. The van der Waals surface area contributed by atoms with Crippen molar-refractivity contribution in [3.05, 3.63) is 28.2 Å². The highest BCUT2D eigenvalue weighted by Crippen LogP contribution is 2.26. The maximum absolute atomic E-state index is 11.8. The molecule has 0 aliphatic heterocycles. The van der Waals surface area contributed by atoms with E-state index in [0.29, 0.717) is 15.8 Å². The zero-order valence-electron chi connectivity index (χ0n) is 8.65. The summed E-state index contributed by atoms with van der Waals surface area (Å²) in [6.07, 6.45) is -4.20. The van der Waals surface area contributed by atoms with Crippen LogP contribution in [0.15, 0.2) is 18.2 Å². The Morgan fingerprint density at radius 2 is 1.88 bits per heavy atom. The van der Waals surface area contributed by atoms with Crippen LogP contribution in [0.1, 0.15) is 0 Å². The minimum atomic E-state index is -4.20. The summed E-state index contributed by atoms with van der Waals surface area (Å²) in [5, 5.41) is 2.95. The van der Waals surface area contributed by atoms with Crippen LogP contribution in [-0.2, 0) is 0 Å². The number of alkyl halides is 3. The van der Waals surface area contributed by atoms with Crippen LogP contribution < -0.4 is 10.1 Å². The van der Waals surface area contributed by atoms with Crippen molar-refractivity contribution in [2.75, 3.05) is 19.7 Å². The number of ether oxygens (including phenoxy) is 1. The zero-order valence-corrected chi connectivity index (χ0v) is 10.2. The van der Waals surface area contributed by atoms with Crippen LogP contribution in [0, 0.1) is 0 Å². The molecule has 1 aromatic rings. The van der Waals surface area contributed by atoms with Gasteiger partial charge in [0.05, 0.1) is 16.6 Å². The van der Waals surface area contributed by atoms with Crippen LogP contribution in [0.4, 0.5) is 13.2 Å². The summed E-state index contributed by atoms with van der Waals surface area (Å²) in [5.74, 6) is 0.466. The topological polar surface area (TPSA) is 21.3 Å². The number of halogens is 5. The molecule has 96 valence electrons. The quantitative estimate of drug-likeness (QED) is 0.837. The Kier molecular flexibility index (Phi) is 5.36. The molecule has 0 aromatic heterocycles. The second-order valence-electron chi connectivity index (χ2n) is 3.22. The van der Waals surface area contributed by atoms with Gasteiger partial charge in [-0.1, -0.05) is 23.2 Å². The first kappa shape index (κ1) is 14.4. The lowest BCUT2D eigenvalue weighted by Gasteiger charge is -2.09. The van der Waals surface area contributed by atoms with E-state index in [-0.39, 0.29) is 13.2 Å². The Bertz CT molecular complexity index is 371. The van der Waals surface area contributed by atoms with Crippen molar-refractivity contribution in [3.8, 4) is 5.75 Å². The van der Waals surface area contributed by atoms with Crippen LogP contribution in [-0.4, -0.2) is 25.9 Å². The molecule has 7 heteroatoms. The zero-order chi connectivity index (χ0) is 12.9. The van der Waals surface area contributed by atoms with E-state index < -0.39 is 12.7 Å². The van der Waals surface area contributed by atoms with Gasteiger partial charge in [-0.2, -0.15) is 13.2 Å². The first-order valence-electron chi connectivity index (χ1n) is 4.74. The predicted molar refractivity (Wildman–Crippen MR) is 60.9 cm³/mol. The fraction of sp³-hybridized carbons (Fsp3) is 0.400. The van der Waals surface area contributed by atoms with Gasteiger partial charge in [0.1, 0.15) is 12.4 Å². The summed E-state index contributed by atoms with van der Waals surface area (Å²) in [7, 11) is 0. The fourth-order valence-electron chi connectivity index (χ4n) is 1.04. The average Bonchev–Trinajstić information content (AvgIpc) is 2.21. The monoisotopic (exact) mass is 287 g/mol. The lowest BCUT2D eigenvalue weighted by Crippen LogP contribution is -2.31. The summed E-state index contributed by atoms with van der Waals surface area (Å²) >= 11 is 11.4. The normalized spacial score (nSPS) is 11.6. The number of nitrogens with one attached hydrogen (secondary N) is 1. The average molecular weight is 288 g/mol. The Balaban J connectivity index is 2.25. The lowest BCUT2D eigenvalue weighted by molar-refractivity contribution is -0.124. The van der Waals surface area contributed by atoms with Crippen molar-refractivity contribution in [1.82, 2.24) is 5.32 Å². The number of benzene rings is 1. The Hall–Kier alpha value is -0.650. The summed E-state index contributed by atoms with van der Waals surface area (Å²) in [5.41, 5.74) is 0. The summed E-state index contributed by atoms with van der Waals surface area (Å²) in [6, 6.07) is 4.66. The first-order chi connectivity index (χ1) is 7.88. The molecule has 0 unspecified atom stereocenters. The Morgan fingerprint density at radius 1 is 1.18 bits per heavy atom. The lowest BCUT2D eigenvalue weighted by atomic mass is 10.3. The minimum absolute atomic E-state index is 0.0970. The van der Waals surface area contributed by atoms with Crippen LogP contribution in [0.25, 0.3) is 0 Å². The third-order valence-corrected chi connectivity index (χ3v) is 2.50. The van der Waals surface area contributed by atoms with Gasteiger partial charge in [0.15, 0.2) is 0 Å². The molecular formula is C10H10Cl2F3NO. The van der Waals surface area contributed by atoms with E-state index in [1.807, 2.05) is 0 Å². The molecule has 1 N–H and O–H groups in total. The molecule has 0 spiro atoms. The van der Waals surface area contributed by atoms with Crippen LogP contribution in [0.3, 0.4) is 0 Å². The van der Waals surface area contributed by atoms with Gasteiger partial charge in [0, 0.05) is 12.6 Å². The molecule has 0 radical (unpaired) electrons. The van der Waals surface area contributed by atoms with Gasteiger partial charge in [-0.15, -0.1) is 0 Å². The minimum Gasteiger partial charge on any atom is -0.492 e. The predicted octanol–water partition coefficient (Wildman–Crippen LogP) is 3.52. The van der Waals surface area contributed by atoms with E-state index in [4.69, 9.17) is 27.9 Å². The molecular weight excluding hydrogens is 278 g/mol. The molecule has 1 aromatic carbocycles. The van der Waals surface area contributed by atoms with Crippen molar-refractivity contribution in [3.63, 3.8) is 0 Å². The van der Waals surface area contributed by atoms with Gasteiger partial charge in [0.25, 0.3) is 0 Å². The molecule has 0 heterocycles. The van der Waals surface area contributed by atoms with E-state index in [9.17, 15) is 13.2 Å². The van der Waals surface area contributed by atoms with E-state index in [2.05, 4.69) is 5.32 Å². The van der Waals surface area contributed by atoms with E-state index in [1.165, 1.54) is 6.07 Å². The summed E-state index contributed by atoms with van der Waals surface area (Å²) < 4.78 is 40.5. The number of hydrogen-bond acceptors (Lipinski definition) is 2. The Morgan fingerprint density at radius 3 is 2.47 bits per heavy atom. The molecule has 0 fully saturated rings. The van der Waals surface area contributed by atoms with Crippen molar-refractivity contribution < 1.29 is 17.9 Å². The molecule has 17 heavy (non-hydrogen) atoms. The SMILES string of the molecule is FC(F)(F)CNCCOc1ccc(Cl)c(Cl)c1. The van der Waals surface area contributed by atoms with Gasteiger partial charge < -0.3 is 10.1 Å². The molecule has 2 nitrogen and oxygen atoms in total. The van der Waals surface area contributed by atoms with Crippen molar-refractivity contribution >= 4 is 23.2 Å².